The van der Waals surface area contributed by atoms with Gasteiger partial charge in [-0.25, -0.2) is 9.78 Å². The minimum absolute atomic E-state index is 0.00877. The van der Waals surface area contributed by atoms with E-state index in [2.05, 4.69) is 25.6 Å². The van der Waals surface area contributed by atoms with Crippen molar-refractivity contribution in [3.8, 4) is 28.8 Å². The van der Waals surface area contributed by atoms with E-state index in [1.165, 1.54) is 44.7 Å². The monoisotopic (exact) mass is 552 g/mol. The molecule has 0 radical (unpaired) electrons. The van der Waals surface area contributed by atoms with Crippen molar-refractivity contribution in [3.05, 3.63) is 84.2 Å². The number of carbonyl (C=O) groups excluding carboxylic acids is 1. The van der Waals surface area contributed by atoms with Crippen LogP contribution in [-0.2, 0) is 0 Å². The summed E-state index contributed by atoms with van der Waals surface area (Å²) in [6, 6.07) is 16.4. The summed E-state index contributed by atoms with van der Waals surface area (Å²) in [6.07, 6.45) is 2.92. The number of hydrogen-bond donors (Lipinski definition) is 5. The third kappa shape index (κ3) is 5.61. The molecular formula is C29H24N6O6. The van der Waals surface area contributed by atoms with Gasteiger partial charge < -0.3 is 36.1 Å². The van der Waals surface area contributed by atoms with E-state index in [4.69, 9.17) is 15.2 Å². The van der Waals surface area contributed by atoms with Crippen LogP contribution < -0.4 is 25.8 Å². The molecule has 0 atom stereocenters. The van der Waals surface area contributed by atoms with Gasteiger partial charge in [0, 0.05) is 40.9 Å². The number of nitrogens with two attached hydrogens (primary N) is 1. The molecule has 0 spiro atoms. The molecule has 2 aromatic heterocycles. The predicted molar refractivity (Wildman–Crippen MR) is 152 cm³/mol. The summed E-state index contributed by atoms with van der Waals surface area (Å²) < 4.78 is 10.5. The number of primary amides is 1. The molecule has 0 bridgehead atoms. The number of phenols is 1. The Morgan fingerprint density at radius 2 is 1.66 bits per heavy atom. The van der Waals surface area contributed by atoms with Gasteiger partial charge in [0.15, 0.2) is 0 Å². The normalized spacial score (nSPS) is 10.7. The smallest absolute Gasteiger partial charge is 0.335 e. The number of hydrogen-bond acceptors (Lipinski definition) is 10. The van der Waals surface area contributed by atoms with Crippen molar-refractivity contribution in [2.24, 2.45) is 5.73 Å². The van der Waals surface area contributed by atoms with Crippen molar-refractivity contribution < 1.29 is 29.3 Å². The average molecular weight is 553 g/mol. The third-order valence-electron chi connectivity index (χ3n) is 6.14. The number of fused-ring (bicyclic) bond motifs is 1. The number of rotatable bonds is 9. The van der Waals surface area contributed by atoms with Crippen LogP contribution in [0.25, 0.3) is 22.0 Å². The number of methoxy groups -OCH3 is 2. The lowest BCUT2D eigenvalue weighted by Gasteiger charge is -2.16. The molecule has 0 unspecified atom stereocenters. The number of aromatic carboxylic acids is 1. The zero-order chi connectivity index (χ0) is 29.1. The number of benzene rings is 3. The van der Waals surface area contributed by atoms with E-state index < -0.39 is 11.9 Å². The molecule has 3 aromatic carbocycles. The number of aromatic nitrogens is 3. The first kappa shape index (κ1) is 26.7. The van der Waals surface area contributed by atoms with Crippen molar-refractivity contribution in [2.45, 2.75) is 0 Å². The molecule has 0 saturated carbocycles. The number of phenolic OH excluding ortho intramolecular Hbond substituents is 1. The fourth-order valence-electron chi connectivity index (χ4n) is 4.28. The number of anilines is 4. The number of nitrogens with one attached hydrogen (secondary N) is 2. The van der Waals surface area contributed by atoms with Crippen molar-refractivity contribution in [3.63, 3.8) is 0 Å². The molecule has 5 aromatic rings. The van der Waals surface area contributed by atoms with Gasteiger partial charge in [-0.1, -0.05) is 18.2 Å². The SMILES string of the molecule is COc1ncc(-c2ccc3c(Nc4cc(Nc5cccc(O)c5)cc(C(=O)O)c4)c(C(N)=O)cnc3c2)c(OC)n1. The van der Waals surface area contributed by atoms with Gasteiger partial charge in [0.25, 0.3) is 5.91 Å². The van der Waals surface area contributed by atoms with Crippen LogP contribution >= 0.6 is 0 Å². The Morgan fingerprint density at radius 1 is 0.878 bits per heavy atom. The number of carboxylic acids is 1. The highest BCUT2D eigenvalue weighted by Gasteiger charge is 2.18. The first-order valence-corrected chi connectivity index (χ1v) is 12.1. The average Bonchev–Trinajstić information content (AvgIpc) is 2.96. The van der Waals surface area contributed by atoms with E-state index in [1.807, 2.05) is 0 Å². The van der Waals surface area contributed by atoms with Gasteiger partial charge in [-0.05, 0) is 42.0 Å². The van der Waals surface area contributed by atoms with Gasteiger partial charge in [0.2, 0.25) is 5.88 Å². The minimum Gasteiger partial charge on any atom is -0.508 e. The summed E-state index contributed by atoms with van der Waals surface area (Å²) in [7, 11) is 2.94. The van der Waals surface area contributed by atoms with E-state index in [0.29, 0.717) is 50.7 Å². The quantitative estimate of drug-likeness (QED) is 0.171. The highest BCUT2D eigenvalue weighted by atomic mass is 16.5. The highest BCUT2D eigenvalue weighted by Crippen LogP contribution is 2.35. The van der Waals surface area contributed by atoms with E-state index in [9.17, 15) is 19.8 Å². The van der Waals surface area contributed by atoms with Crippen LogP contribution in [0.15, 0.2) is 73.1 Å². The van der Waals surface area contributed by atoms with Crippen LogP contribution in [0.5, 0.6) is 17.6 Å². The Kier molecular flexibility index (Phi) is 7.20. The Hall–Kier alpha value is -5.91. The van der Waals surface area contributed by atoms with E-state index >= 15 is 0 Å². The van der Waals surface area contributed by atoms with E-state index in [0.717, 1.165) is 0 Å². The molecule has 6 N–H and O–H groups in total. The van der Waals surface area contributed by atoms with Gasteiger partial charge in [0.05, 0.1) is 42.1 Å². The number of aromatic hydroxyl groups is 1. The zero-order valence-corrected chi connectivity index (χ0v) is 21.9. The molecular weight excluding hydrogens is 528 g/mol. The molecule has 0 aliphatic rings. The van der Waals surface area contributed by atoms with E-state index in [1.54, 1.807) is 42.6 Å². The predicted octanol–water partition coefficient (Wildman–Crippen LogP) is 4.70. The zero-order valence-electron chi connectivity index (χ0n) is 21.9. The molecule has 0 aliphatic heterocycles. The van der Waals surface area contributed by atoms with Crippen molar-refractivity contribution in [2.75, 3.05) is 24.9 Å². The molecule has 41 heavy (non-hydrogen) atoms. The number of carbonyl (C=O) groups is 2. The van der Waals surface area contributed by atoms with Crippen LogP contribution in [0.4, 0.5) is 22.7 Å². The molecule has 0 fully saturated rings. The standard InChI is InChI=1S/C29H24N6O6/c1-40-27-22(13-32-29(35-27)41-2)15-6-7-21-24(10-15)31-14-23(26(30)37)25(21)34-19-9-16(28(38)39)8-18(11-19)33-17-4-3-5-20(36)12-17/h3-14,33,36H,1-2H3,(H2,30,37)(H,31,34)(H,38,39). The summed E-state index contributed by atoms with van der Waals surface area (Å²) in [6.45, 7) is 0. The second-order valence-corrected chi connectivity index (χ2v) is 8.83. The fourth-order valence-corrected chi connectivity index (χ4v) is 4.28. The van der Waals surface area contributed by atoms with Crippen LogP contribution in [0.2, 0.25) is 0 Å². The fraction of sp³-hybridized carbons (Fsp3) is 0.0690. The number of nitrogens with zero attached hydrogens (tertiary/aromatic N) is 3. The van der Waals surface area contributed by atoms with Gasteiger partial charge >= 0.3 is 12.0 Å². The third-order valence-corrected chi connectivity index (χ3v) is 6.14. The first-order valence-electron chi connectivity index (χ1n) is 12.1. The van der Waals surface area contributed by atoms with Crippen LogP contribution in [0.1, 0.15) is 20.7 Å². The molecule has 1 amide bonds. The maximum atomic E-state index is 12.4. The number of ether oxygens (including phenoxy) is 2. The van der Waals surface area contributed by atoms with Crippen LogP contribution in [0.3, 0.4) is 0 Å². The molecule has 12 nitrogen and oxygen atoms in total. The van der Waals surface area contributed by atoms with Gasteiger partial charge in [-0.15, -0.1) is 0 Å². The van der Waals surface area contributed by atoms with Crippen LogP contribution in [0, 0.1) is 0 Å². The van der Waals surface area contributed by atoms with Crippen molar-refractivity contribution in [1.29, 1.82) is 0 Å². The van der Waals surface area contributed by atoms with Gasteiger partial charge in [-0.2, -0.15) is 4.98 Å². The summed E-state index contributed by atoms with van der Waals surface area (Å²) in [5.41, 5.74) is 9.30. The summed E-state index contributed by atoms with van der Waals surface area (Å²) >= 11 is 0. The maximum absolute atomic E-state index is 12.4. The lowest BCUT2D eigenvalue weighted by molar-refractivity contribution is 0.0696. The van der Waals surface area contributed by atoms with Gasteiger partial charge in [-0.3, -0.25) is 9.78 Å². The first-order chi connectivity index (χ1) is 19.7. The second-order valence-electron chi connectivity index (χ2n) is 8.83. The number of carboxylic acid groups (broad SMARTS) is 1. The molecule has 0 saturated heterocycles. The Labute approximate surface area is 233 Å². The van der Waals surface area contributed by atoms with Crippen LogP contribution in [-0.4, -0.2) is 51.3 Å². The van der Waals surface area contributed by atoms with Crippen molar-refractivity contribution in [1.82, 2.24) is 15.0 Å². The summed E-state index contributed by atoms with van der Waals surface area (Å²) in [5.74, 6) is -1.51. The Bertz CT molecular complexity index is 1810. The van der Waals surface area contributed by atoms with Gasteiger partial charge in [0.1, 0.15) is 5.75 Å². The largest absolute Gasteiger partial charge is 0.508 e. The van der Waals surface area contributed by atoms with E-state index in [-0.39, 0.29) is 22.9 Å². The lowest BCUT2D eigenvalue weighted by Crippen LogP contribution is -2.14. The second kappa shape index (κ2) is 11.1. The number of amides is 1. The van der Waals surface area contributed by atoms with Crippen molar-refractivity contribution >= 4 is 45.5 Å². The maximum Gasteiger partial charge on any atom is 0.335 e. The lowest BCUT2D eigenvalue weighted by atomic mass is 10.0. The highest BCUT2D eigenvalue weighted by molar-refractivity contribution is 6.08. The summed E-state index contributed by atoms with van der Waals surface area (Å²) in [4.78, 5) is 37.1. The molecule has 12 heteroatoms. The summed E-state index contributed by atoms with van der Waals surface area (Å²) in [5, 5.41) is 26.3. The Morgan fingerprint density at radius 3 is 2.34 bits per heavy atom. The molecule has 206 valence electrons. The minimum atomic E-state index is -1.15. The number of pyridine rings is 1. The Balaban J connectivity index is 1.59. The topological polar surface area (TPSA) is 182 Å². The molecule has 5 rings (SSSR count). The molecule has 0 aliphatic carbocycles. The molecule has 2 heterocycles.